The maximum Gasteiger partial charge on any atom is 0.106 e. The molecule has 21 heavy (non-hydrogen) atoms. The van der Waals surface area contributed by atoms with Gasteiger partial charge in [0.1, 0.15) is 6.10 Å². The van der Waals surface area contributed by atoms with Crippen molar-refractivity contribution in [3.63, 3.8) is 0 Å². The van der Waals surface area contributed by atoms with Gasteiger partial charge in [-0.15, -0.1) is 0 Å². The summed E-state index contributed by atoms with van der Waals surface area (Å²) >= 11 is 0. The molecule has 3 aromatic rings. The Hall–Kier alpha value is -2.19. The van der Waals surface area contributed by atoms with Crippen molar-refractivity contribution in [2.75, 3.05) is 0 Å². The quantitative estimate of drug-likeness (QED) is 0.777. The van der Waals surface area contributed by atoms with Crippen LogP contribution in [-0.2, 0) is 0 Å². The number of aliphatic hydroxyl groups excluding tert-OH is 1. The molecule has 0 bridgehead atoms. The maximum atomic E-state index is 10.6. The second kappa shape index (κ2) is 4.97. The number of para-hydroxylation sites is 1. The molecule has 1 saturated carbocycles. The van der Waals surface area contributed by atoms with Gasteiger partial charge in [-0.05, 0) is 42.0 Å². The minimum Gasteiger partial charge on any atom is -0.384 e. The molecule has 1 atom stereocenters. The Morgan fingerprint density at radius 2 is 1.81 bits per heavy atom. The van der Waals surface area contributed by atoms with Gasteiger partial charge in [0.05, 0.1) is 5.52 Å². The first kappa shape index (κ1) is 12.5. The molecule has 0 amide bonds. The number of nitrogens with zero attached hydrogens (tertiary/aromatic N) is 1. The zero-order chi connectivity index (χ0) is 14.2. The van der Waals surface area contributed by atoms with Crippen molar-refractivity contribution in [2.45, 2.75) is 24.9 Å². The zero-order valence-corrected chi connectivity index (χ0v) is 11.7. The Morgan fingerprint density at radius 3 is 2.67 bits per heavy atom. The van der Waals surface area contributed by atoms with Gasteiger partial charge in [-0.1, -0.05) is 42.5 Å². The van der Waals surface area contributed by atoms with E-state index in [4.69, 9.17) is 0 Å². The van der Waals surface area contributed by atoms with Crippen LogP contribution >= 0.6 is 0 Å². The number of pyridine rings is 1. The highest BCUT2D eigenvalue weighted by atomic mass is 16.3. The van der Waals surface area contributed by atoms with E-state index in [0.717, 1.165) is 22.0 Å². The third-order valence-electron chi connectivity index (χ3n) is 4.20. The Balaban J connectivity index is 1.71. The summed E-state index contributed by atoms with van der Waals surface area (Å²) in [4.78, 5) is 4.44. The molecule has 1 aliphatic carbocycles. The number of hydrogen-bond acceptors (Lipinski definition) is 2. The Morgan fingerprint density at radius 1 is 0.952 bits per heavy atom. The van der Waals surface area contributed by atoms with E-state index in [0.29, 0.717) is 5.92 Å². The first-order valence-corrected chi connectivity index (χ1v) is 7.44. The van der Waals surface area contributed by atoms with Crippen LogP contribution in [0.15, 0.2) is 60.8 Å². The molecule has 2 heteroatoms. The van der Waals surface area contributed by atoms with E-state index < -0.39 is 6.10 Å². The zero-order valence-electron chi connectivity index (χ0n) is 11.7. The first-order valence-electron chi connectivity index (χ1n) is 7.44. The predicted molar refractivity (Wildman–Crippen MR) is 84.2 cm³/mol. The van der Waals surface area contributed by atoms with E-state index in [1.54, 1.807) is 6.20 Å². The Kier molecular flexibility index (Phi) is 2.97. The van der Waals surface area contributed by atoms with Gasteiger partial charge < -0.3 is 5.11 Å². The number of benzene rings is 2. The van der Waals surface area contributed by atoms with E-state index in [-0.39, 0.29) is 0 Å². The van der Waals surface area contributed by atoms with Crippen molar-refractivity contribution in [2.24, 2.45) is 0 Å². The largest absolute Gasteiger partial charge is 0.384 e. The fourth-order valence-corrected chi connectivity index (χ4v) is 2.83. The van der Waals surface area contributed by atoms with E-state index in [1.807, 2.05) is 42.5 Å². The minimum absolute atomic E-state index is 0.610. The van der Waals surface area contributed by atoms with Gasteiger partial charge >= 0.3 is 0 Å². The van der Waals surface area contributed by atoms with Crippen LogP contribution in [-0.4, -0.2) is 10.1 Å². The van der Waals surface area contributed by atoms with Crippen LogP contribution < -0.4 is 0 Å². The number of aromatic nitrogens is 1. The van der Waals surface area contributed by atoms with Crippen LogP contribution in [0.4, 0.5) is 0 Å². The van der Waals surface area contributed by atoms with Gasteiger partial charge in [0.25, 0.3) is 0 Å². The predicted octanol–water partition coefficient (Wildman–Crippen LogP) is 4.19. The lowest BCUT2D eigenvalue weighted by Crippen LogP contribution is -2.01. The van der Waals surface area contributed by atoms with Gasteiger partial charge in [-0.25, -0.2) is 0 Å². The smallest absolute Gasteiger partial charge is 0.106 e. The summed E-state index contributed by atoms with van der Waals surface area (Å²) in [7, 11) is 0. The highest BCUT2D eigenvalue weighted by Crippen LogP contribution is 2.40. The molecule has 2 aromatic carbocycles. The van der Waals surface area contributed by atoms with Crippen LogP contribution in [0.25, 0.3) is 10.9 Å². The van der Waals surface area contributed by atoms with Crippen molar-refractivity contribution in [3.8, 4) is 0 Å². The van der Waals surface area contributed by atoms with Crippen LogP contribution in [0.5, 0.6) is 0 Å². The lowest BCUT2D eigenvalue weighted by molar-refractivity contribution is 0.220. The summed E-state index contributed by atoms with van der Waals surface area (Å²) in [6.45, 7) is 0. The van der Waals surface area contributed by atoms with Crippen LogP contribution in [0.1, 0.15) is 41.6 Å². The topological polar surface area (TPSA) is 33.1 Å². The molecule has 1 unspecified atom stereocenters. The molecule has 0 saturated heterocycles. The molecule has 1 fully saturated rings. The average molecular weight is 275 g/mol. The van der Waals surface area contributed by atoms with Crippen molar-refractivity contribution < 1.29 is 5.11 Å². The number of rotatable bonds is 3. The molecule has 1 aromatic heterocycles. The number of hydrogen-bond donors (Lipinski definition) is 1. The summed E-state index contributed by atoms with van der Waals surface area (Å²) in [5, 5.41) is 11.7. The average Bonchev–Trinajstić information content (AvgIpc) is 3.39. The fraction of sp³-hybridized carbons (Fsp3) is 0.211. The van der Waals surface area contributed by atoms with Crippen LogP contribution in [0, 0.1) is 0 Å². The van der Waals surface area contributed by atoms with Crippen molar-refractivity contribution in [1.29, 1.82) is 0 Å². The molecular weight excluding hydrogens is 258 g/mol. The molecule has 2 nitrogen and oxygen atoms in total. The molecule has 1 heterocycles. The van der Waals surface area contributed by atoms with Gasteiger partial charge in [-0.3, -0.25) is 4.98 Å². The fourth-order valence-electron chi connectivity index (χ4n) is 2.83. The first-order chi connectivity index (χ1) is 10.3. The second-order valence-electron chi connectivity index (χ2n) is 5.81. The lowest BCUT2D eigenvalue weighted by atomic mass is 9.98. The van der Waals surface area contributed by atoms with Crippen molar-refractivity contribution in [1.82, 2.24) is 4.98 Å². The maximum absolute atomic E-state index is 10.6. The summed E-state index contributed by atoms with van der Waals surface area (Å²) in [5.41, 5.74) is 4.11. The molecule has 1 aliphatic rings. The number of aliphatic hydroxyl groups is 1. The van der Waals surface area contributed by atoms with Crippen molar-refractivity contribution >= 4 is 10.9 Å². The molecular formula is C19H17NO. The summed E-state index contributed by atoms with van der Waals surface area (Å²) < 4.78 is 0. The SMILES string of the molecule is OC(c1cccc(C2CC2)c1)c1cnc2ccccc2c1. The Labute approximate surface area is 124 Å². The molecule has 1 N–H and O–H groups in total. The third kappa shape index (κ3) is 2.43. The van der Waals surface area contributed by atoms with Crippen molar-refractivity contribution in [3.05, 3.63) is 77.5 Å². The molecule has 0 spiro atoms. The third-order valence-corrected chi connectivity index (χ3v) is 4.20. The lowest BCUT2D eigenvalue weighted by Gasteiger charge is -2.13. The van der Waals surface area contributed by atoms with Crippen LogP contribution in [0.2, 0.25) is 0 Å². The monoisotopic (exact) mass is 275 g/mol. The highest BCUT2D eigenvalue weighted by Gasteiger charge is 2.24. The van der Waals surface area contributed by atoms with Crippen LogP contribution in [0.3, 0.4) is 0 Å². The molecule has 104 valence electrons. The molecule has 4 rings (SSSR count). The minimum atomic E-state index is -0.610. The van der Waals surface area contributed by atoms with E-state index >= 15 is 0 Å². The van der Waals surface area contributed by atoms with Gasteiger partial charge in [-0.2, -0.15) is 0 Å². The van der Waals surface area contributed by atoms with E-state index in [2.05, 4.69) is 17.1 Å². The normalized spacial score (nSPS) is 16.0. The molecule has 0 aliphatic heterocycles. The summed E-state index contributed by atoms with van der Waals surface area (Å²) in [6, 6.07) is 18.3. The van der Waals surface area contributed by atoms with Gasteiger partial charge in [0.15, 0.2) is 0 Å². The van der Waals surface area contributed by atoms with E-state index in [9.17, 15) is 5.11 Å². The highest BCUT2D eigenvalue weighted by molar-refractivity contribution is 5.78. The Bertz CT molecular complexity index is 792. The van der Waals surface area contributed by atoms with Gasteiger partial charge in [0.2, 0.25) is 0 Å². The second-order valence-corrected chi connectivity index (χ2v) is 5.81. The standard InChI is InChI=1S/C19H17NO/c21-19(16-6-3-5-14(10-16)13-8-9-13)17-11-15-4-1-2-7-18(15)20-12-17/h1-7,10-13,19,21H,8-9H2. The summed E-state index contributed by atoms with van der Waals surface area (Å²) in [6.07, 6.45) is 3.71. The summed E-state index contributed by atoms with van der Waals surface area (Å²) in [5.74, 6) is 0.701. The van der Waals surface area contributed by atoms with Gasteiger partial charge in [0, 0.05) is 17.1 Å². The number of fused-ring (bicyclic) bond motifs is 1. The molecule has 0 radical (unpaired) electrons. The van der Waals surface area contributed by atoms with E-state index in [1.165, 1.54) is 18.4 Å².